The van der Waals surface area contributed by atoms with Crippen molar-refractivity contribution in [3.63, 3.8) is 0 Å². The van der Waals surface area contributed by atoms with E-state index in [0.29, 0.717) is 12.8 Å². The van der Waals surface area contributed by atoms with Gasteiger partial charge >= 0.3 is 6.09 Å². The minimum Gasteiger partial charge on any atom is -0.445 e. The third-order valence-corrected chi connectivity index (χ3v) is 8.69. The Morgan fingerprint density at radius 2 is 1.46 bits per heavy atom. The minimum atomic E-state index is -1.60. The number of hydrogen-bond acceptors (Lipinski definition) is 9. The van der Waals surface area contributed by atoms with Crippen LogP contribution in [-0.4, -0.2) is 76.1 Å². The van der Waals surface area contributed by atoms with Crippen molar-refractivity contribution in [2.24, 2.45) is 21.3 Å². The minimum absolute atomic E-state index is 0.0812. The Morgan fingerprint density at radius 1 is 0.848 bits per heavy atom. The number of rotatable bonds is 12. The Labute approximate surface area is 264 Å². The quantitative estimate of drug-likeness (QED) is 0.170. The maximum atomic E-state index is 13.8. The molecule has 2 aliphatic carbocycles. The molecule has 2 aromatic rings. The molecule has 9 atom stereocenters. The van der Waals surface area contributed by atoms with Gasteiger partial charge in [-0.05, 0) is 65.7 Å². The molecule has 0 bridgehead atoms. The molecule has 3 fully saturated rings. The summed E-state index contributed by atoms with van der Waals surface area (Å²) in [4.78, 5) is 24.0. The number of carbonyl (C=O) groups is 1. The number of benzene rings is 2. The zero-order chi connectivity index (χ0) is 32.5. The van der Waals surface area contributed by atoms with Crippen LogP contribution in [0, 0.1) is 5.92 Å². The van der Waals surface area contributed by atoms with Crippen molar-refractivity contribution < 1.29 is 29.2 Å². The summed E-state index contributed by atoms with van der Waals surface area (Å²) in [5.74, 6) is 0.122. The predicted molar refractivity (Wildman–Crippen MR) is 163 cm³/mol. The van der Waals surface area contributed by atoms with E-state index in [1.54, 1.807) is 4.90 Å². The van der Waals surface area contributed by atoms with E-state index in [0.717, 1.165) is 24.0 Å². The molecule has 46 heavy (non-hydrogen) atoms. The largest absolute Gasteiger partial charge is 0.445 e. The van der Waals surface area contributed by atoms with Crippen LogP contribution in [-0.2, 0) is 27.4 Å². The summed E-state index contributed by atoms with van der Waals surface area (Å²) < 4.78 is 18.5. The Bertz CT molecular complexity index is 1460. The van der Waals surface area contributed by atoms with Crippen molar-refractivity contribution in [2.75, 3.05) is 0 Å². The molecule has 16 heteroatoms. The molecule has 242 valence electrons. The van der Waals surface area contributed by atoms with Gasteiger partial charge in [0.15, 0.2) is 6.29 Å². The first-order valence-corrected chi connectivity index (χ1v) is 15.2. The second-order valence-electron chi connectivity index (χ2n) is 11.7. The van der Waals surface area contributed by atoms with Gasteiger partial charge in [0.2, 0.25) is 0 Å². The summed E-state index contributed by atoms with van der Waals surface area (Å²) in [5.41, 5.74) is 29.1. The molecular formula is C30H36N10O6. The normalized spacial score (nSPS) is 29.6. The first kappa shape index (κ1) is 32.9. The van der Waals surface area contributed by atoms with Gasteiger partial charge in [-0.25, -0.2) is 4.79 Å². The summed E-state index contributed by atoms with van der Waals surface area (Å²) in [6, 6.07) is 15.7. The predicted octanol–water partition coefficient (Wildman–Crippen LogP) is 5.66. The average Bonchev–Trinajstić information content (AvgIpc) is 3.91. The van der Waals surface area contributed by atoms with Crippen LogP contribution in [0.3, 0.4) is 0 Å². The summed E-state index contributed by atoms with van der Waals surface area (Å²) in [5, 5.41) is 32.7. The second kappa shape index (κ2) is 15.7. The molecule has 1 saturated heterocycles. The van der Waals surface area contributed by atoms with Gasteiger partial charge < -0.3 is 24.4 Å². The topological polar surface area (TPSA) is 235 Å². The van der Waals surface area contributed by atoms with E-state index in [2.05, 4.69) is 30.1 Å². The molecule has 2 N–H and O–H groups in total. The van der Waals surface area contributed by atoms with E-state index < -0.39 is 61.0 Å². The second-order valence-corrected chi connectivity index (χ2v) is 11.7. The van der Waals surface area contributed by atoms with Gasteiger partial charge in [0, 0.05) is 21.3 Å². The summed E-state index contributed by atoms with van der Waals surface area (Å²) >= 11 is 0. The SMILES string of the molecule is [N-]=[N+]=NC1CC[C@@H]([C@@H](C2CC2)N(Cc2ccccc2)C(=O)OCc2ccccc2)O[C@@H]1O[C@H]1[C@H](O)[C@@H](O)[C@H](N=[N+]=[N-])C[C@@H]1N=[N+]=[N-]. The monoisotopic (exact) mass is 632 g/mol. The lowest BCUT2D eigenvalue weighted by molar-refractivity contribution is -0.261. The Kier molecular flexibility index (Phi) is 11.2. The van der Waals surface area contributed by atoms with Crippen LogP contribution in [0.5, 0.6) is 0 Å². The fourth-order valence-corrected chi connectivity index (χ4v) is 6.28. The standard InChI is InChI=1S/C30H36N10O6/c31-37-34-21-13-14-24(45-29(21)46-28-23(36-39-33)15-22(35-38-32)26(41)27(28)42)25(20-11-12-20)40(16-18-7-3-1-4-8-18)30(43)44-17-19-9-5-2-6-10-19/h1-10,20-29,41-42H,11-17H2/t21?,22-,23+,24+,25-,26+,27-,28-,29-/m1/s1. The van der Waals surface area contributed by atoms with Crippen LogP contribution in [0.15, 0.2) is 76.0 Å². The molecule has 0 spiro atoms. The molecule has 5 rings (SSSR count). The fourth-order valence-electron chi connectivity index (χ4n) is 6.28. The van der Waals surface area contributed by atoms with Crippen LogP contribution in [0.4, 0.5) is 4.79 Å². The maximum absolute atomic E-state index is 13.8. The molecule has 16 nitrogen and oxygen atoms in total. The molecule has 1 heterocycles. The number of azide groups is 3. The third kappa shape index (κ3) is 8.00. The van der Waals surface area contributed by atoms with E-state index in [4.69, 9.17) is 19.7 Å². The highest BCUT2D eigenvalue weighted by molar-refractivity contribution is 5.68. The number of aliphatic hydroxyl groups excluding tert-OH is 2. The van der Waals surface area contributed by atoms with Crippen LogP contribution in [0.2, 0.25) is 0 Å². The molecule has 0 aromatic heterocycles. The van der Waals surface area contributed by atoms with Gasteiger partial charge in [-0.2, -0.15) is 0 Å². The number of ether oxygens (including phenoxy) is 3. The molecule has 3 aliphatic rings. The summed E-state index contributed by atoms with van der Waals surface area (Å²) in [6.45, 7) is 0.367. The van der Waals surface area contributed by atoms with Crippen molar-refractivity contribution in [2.45, 2.75) is 100 Å². The summed E-state index contributed by atoms with van der Waals surface area (Å²) in [6.07, 6.45) is -4.16. The van der Waals surface area contributed by atoms with Gasteiger partial charge in [-0.15, -0.1) is 0 Å². The Balaban J connectivity index is 1.40. The van der Waals surface area contributed by atoms with E-state index in [-0.39, 0.29) is 25.5 Å². The first-order valence-electron chi connectivity index (χ1n) is 15.2. The van der Waals surface area contributed by atoms with Crippen LogP contribution >= 0.6 is 0 Å². The van der Waals surface area contributed by atoms with E-state index in [1.807, 2.05) is 60.7 Å². The fraction of sp³-hybridized carbons (Fsp3) is 0.567. The zero-order valence-electron chi connectivity index (χ0n) is 25.0. The van der Waals surface area contributed by atoms with Gasteiger partial charge in [0.05, 0.1) is 42.5 Å². The van der Waals surface area contributed by atoms with Crippen molar-refractivity contribution in [1.82, 2.24) is 4.90 Å². The molecule has 1 aliphatic heterocycles. The number of carbonyl (C=O) groups excluding carboxylic acids is 1. The molecule has 0 radical (unpaired) electrons. The molecule has 1 amide bonds. The zero-order valence-corrected chi connectivity index (χ0v) is 25.0. The number of hydrogen-bond donors (Lipinski definition) is 2. The van der Waals surface area contributed by atoms with Gasteiger partial charge in [-0.3, -0.25) is 4.90 Å². The molecule has 1 unspecified atom stereocenters. The lowest BCUT2D eigenvalue weighted by Gasteiger charge is -2.45. The van der Waals surface area contributed by atoms with Gasteiger partial charge in [0.25, 0.3) is 0 Å². The Morgan fingerprint density at radius 3 is 2.09 bits per heavy atom. The van der Waals surface area contributed by atoms with E-state index >= 15 is 0 Å². The highest BCUT2D eigenvalue weighted by atomic mass is 16.7. The first-order chi connectivity index (χ1) is 22.4. The molecule has 2 aromatic carbocycles. The number of amides is 1. The molecule has 2 saturated carbocycles. The smallest absolute Gasteiger partial charge is 0.410 e. The van der Waals surface area contributed by atoms with Crippen LogP contribution < -0.4 is 0 Å². The lowest BCUT2D eigenvalue weighted by Crippen LogP contribution is -2.59. The average molecular weight is 633 g/mol. The molecular weight excluding hydrogens is 596 g/mol. The van der Waals surface area contributed by atoms with Crippen molar-refractivity contribution in [3.8, 4) is 0 Å². The maximum Gasteiger partial charge on any atom is 0.410 e. The van der Waals surface area contributed by atoms with Gasteiger partial charge in [0.1, 0.15) is 12.7 Å². The van der Waals surface area contributed by atoms with Crippen molar-refractivity contribution in [1.29, 1.82) is 0 Å². The highest BCUT2D eigenvalue weighted by Gasteiger charge is 2.49. The van der Waals surface area contributed by atoms with Crippen LogP contribution in [0.25, 0.3) is 31.3 Å². The van der Waals surface area contributed by atoms with E-state index in [1.165, 1.54) is 0 Å². The van der Waals surface area contributed by atoms with Crippen LogP contribution in [0.1, 0.15) is 43.2 Å². The number of aliphatic hydroxyl groups is 2. The highest BCUT2D eigenvalue weighted by Crippen LogP contribution is 2.42. The summed E-state index contributed by atoms with van der Waals surface area (Å²) in [7, 11) is 0. The van der Waals surface area contributed by atoms with Crippen molar-refractivity contribution >= 4 is 6.09 Å². The lowest BCUT2D eigenvalue weighted by atomic mass is 9.84. The third-order valence-electron chi connectivity index (χ3n) is 8.69. The van der Waals surface area contributed by atoms with Gasteiger partial charge in [-0.1, -0.05) is 76.0 Å². The number of nitrogens with zero attached hydrogens (tertiary/aromatic N) is 10. The van der Waals surface area contributed by atoms with Crippen molar-refractivity contribution in [3.05, 3.63) is 103 Å². The van der Waals surface area contributed by atoms with E-state index in [9.17, 15) is 26.1 Å². The Hall–Kier alpha value is -4.52.